The van der Waals surface area contributed by atoms with Crippen LogP contribution in [0.3, 0.4) is 0 Å². The minimum absolute atomic E-state index is 0.261. The zero-order chi connectivity index (χ0) is 20.8. The monoisotopic (exact) mass is 418 g/mol. The fourth-order valence-corrected chi connectivity index (χ4v) is 4.25. The lowest BCUT2D eigenvalue weighted by Crippen LogP contribution is -2.34. The van der Waals surface area contributed by atoms with Gasteiger partial charge < -0.3 is 4.90 Å². The van der Waals surface area contributed by atoms with Gasteiger partial charge in [-0.2, -0.15) is 0 Å². The van der Waals surface area contributed by atoms with Gasteiger partial charge in [-0.15, -0.1) is 0 Å². The highest BCUT2D eigenvalue weighted by Crippen LogP contribution is 2.40. The molecule has 0 N–H and O–H groups in total. The van der Waals surface area contributed by atoms with Crippen molar-refractivity contribution in [2.45, 2.75) is 6.42 Å². The Morgan fingerprint density at radius 1 is 0.867 bits per heavy atom. The molecule has 0 aromatic heterocycles. The van der Waals surface area contributed by atoms with Crippen LogP contribution in [0.5, 0.6) is 0 Å². The summed E-state index contributed by atoms with van der Waals surface area (Å²) in [5.41, 5.74) is 3.48. The van der Waals surface area contributed by atoms with Crippen LogP contribution in [-0.4, -0.2) is 18.4 Å². The molecule has 5 rings (SSSR count). The first-order valence-corrected chi connectivity index (χ1v) is 9.92. The van der Waals surface area contributed by atoms with E-state index in [1.807, 2.05) is 29.2 Å². The molecule has 30 heavy (non-hydrogen) atoms. The van der Waals surface area contributed by atoms with E-state index >= 15 is 0 Å². The van der Waals surface area contributed by atoms with Crippen LogP contribution >= 0.6 is 11.6 Å². The van der Waals surface area contributed by atoms with Crippen LogP contribution in [0.1, 0.15) is 11.1 Å². The molecule has 0 saturated carbocycles. The standard InChI is InChI=1S/C24H16ClFN2O2/c25-17-5-3-6-19(14-17)28-23(29)21(16-8-10-18(26)11-9-16)22(24(28)30)27-13-12-15-4-1-2-7-20(15)27/h1-11,14H,12-13H2. The third-order valence-electron chi connectivity index (χ3n) is 5.42. The predicted octanol–water partition coefficient (Wildman–Crippen LogP) is 4.83. The van der Waals surface area contributed by atoms with Crippen LogP contribution in [0.15, 0.2) is 78.5 Å². The zero-order valence-corrected chi connectivity index (χ0v) is 16.6. The number of para-hydroxylation sites is 1. The summed E-state index contributed by atoms with van der Waals surface area (Å²) < 4.78 is 13.5. The van der Waals surface area contributed by atoms with Crippen LogP contribution in [0.2, 0.25) is 5.02 Å². The Morgan fingerprint density at radius 3 is 2.40 bits per heavy atom. The molecule has 2 amide bonds. The highest BCUT2D eigenvalue weighted by atomic mass is 35.5. The quantitative estimate of drug-likeness (QED) is 0.572. The minimum Gasteiger partial charge on any atom is -0.336 e. The van der Waals surface area contributed by atoms with Gasteiger partial charge in [-0.25, -0.2) is 9.29 Å². The van der Waals surface area contributed by atoms with Crippen LogP contribution in [0.4, 0.5) is 15.8 Å². The van der Waals surface area contributed by atoms with Crippen molar-refractivity contribution in [2.75, 3.05) is 16.3 Å². The molecular weight excluding hydrogens is 403 g/mol. The summed E-state index contributed by atoms with van der Waals surface area (Å²) in [6, 6.07) is 20.1. The number of carbonyl (C=O) groups is 2. The fourth-order valence-electron chi connectivity index (χ4n) is 4.07. The maximum atomic E-state index is 13.6. The Bertz CT molecular complexity index is 1220. The maximum absolute atomic E-state index is 13.6. The summed E-state index contributed by atoms with van der Waals surface area (Å²) in [5.74, 6) is -1.28. The van der Waals surface area contributed by atoms with Crippen molar-refractivity contribution in [1.82, 2.24) is 0 Å². The minimum atomic E-state index is -0.451. The first kappa shape index (κ1) is 18.6. The van der Waals surface area contributed by atoms with Gasteiger partial charge in [0.25, 0.3) is 11.8 Å². The molecule has 0 bridgehead atoms. The van der Waals surface area contributed by atoms with Crippen molar-refractivity contribution in [3.8, 4) is 0 Å². The fraction of sp³-hybridized carbons (Fsp3) is 0.0833. The third kappa shape index (κ3) is 2.90. The highest BCUT2D eigenvalue weighted by Gasteiger charge is 2.44. The number of benzene rings is 3. The van der Waals surface area contributed by atoms with Gasteiger partial charge >= 0.3 is 0 Å². The normalized spacial score (nSPS) is 15.9. The lowest BCUT2D eigenvalue weighted by molar-refractivity contribution is -0.120. The lowest BCUT2D eigenvalue weighted by Gasteiger charge is -2.22. The van der Waals surface area contributed by atoms with Crippen LogP contribution in [-0.2, 0) is 16.0 Å². The molecule has 2 heterocycles. The summed E-state index contributed by atoms with van der Waals surface area (Å²) in [6.07, 6.45) is 0.773. The van der Waals surface area contributed by atoms with Crippen molar-refractivity contribution in [2.24, 2.45) is 0 Å². The van der Waals surface area contributed by atoms with E-state index in [2.05, 4.69) is 0 Å². The second-order valence-corrected chi connectivity index (χ2v) is 7.62. The van der Waals surface area contributed by atoms with Gasteiger partial charge in [-0.1, -0.05) is 48.0 Å². The molecular formula is C24H16ClFN2O2. The molecule has 6 heteroatoms. The van der Waals surface area contributed by atoms with Gasteiger partial charge in [-0.05, 0) is 53.9 Å². The van der Waals surface area contributed by atoms with E-state index < -0.39 is 17.6 Å². The van der Waals surface area contributed by atoms with Crippen molar-refractivity contribution in [3.05, 3.63) is 100 Å². The van der Waals surface area contributed by atoms with Gasteiger partial charge in [0.05, 0.1) is 11.3 Å². The van der Waals surface area contributed by atoms with Gasteiger partial charge in [0, 0.05) is 17.3 Å². The second-order valence-electron chi connectivity index (χ2n) is 7.19. The Balaban J connectivity index is 1.69. The number of hydrogen-bond donors (Lipinski definition) is 0. The Morgan fingerprint density at radius 2 is 1.63 bits per heavy atom. The molecule has 2 aliphatic heterocycles. The average molecular weight is 419 g/mol. The number of rotatable bonds is 3. The van der Waals surface area contributed by atoms with E-state index in [9.17, 15) is 14.0 Å². The van der Waals surface area contributed by atoms with E-state index in [1.165, 1.54) is 24.3 Å². The first-order valence-electron chi connectivity index (χ1n) is 9.54. The third-order valence-corrected chi connectivity index (χ3v) is 5.65. The molecule has 3 aromatic carbocycles. The predicted molar refractivity (Wildman–Crippen MR) is 115 cm³/mol. The van der Waals surface area contributed by atoms with Crippen LogP contribution in [0, 0.1) is 5.82 Å². The molecule has 0 aliphatic carbocycles. The van der Waals surface area contributed by atoms with Gasteiger partial charge in [0.2, 0.25) is 0 Å². The van der Waals surface area contributed by atoms with Crippen LogP contribution < -0.4 is 9.80 Å². The Kier molecular flexibility index (Phi) is 4.40. The number of nitrogens with zero attached hydrogens (tertiary/aromatic N) is 2. The summed E-state index contributed by atoms with van der Waals surface area (Å²) in [7, 11) is 0. The SMILES string of the molecule is O=C1C(c2ccc(F)cc2)=C(N2CCc3ccccc32)C(=O)N1c1cccc(Cl)c1. The number of carbonyl (C=O) groups excluding carboxylic acids is 2. The van der Waals surface area contributed by atoms with Crippen molar-refractivity contribution in [1.29, 1.82) is 0 Å². The van der Waals surface area contributed by atoms with Crippen molar-refractivity contribution in [3.63, 3.8) is 0 Å². The van der Waals surface area contributed by atoms with Crippen molar-refractivity contribution >= 4 is 40.4 Å². The average Bonchev–Trinajstić information content (AvgIpc) is 3.27. The molecule has 3 aromatic rings. The first-order chi connectivity index (χ1) is 14.5. The van der Waals surface area contributed by atoms with E-state index in [-0.39, 0.29) is 5.57 Å². The lowest BCUT2D eigenvalue weighted by atomic mass is 10.0. The Labute approximate surface area is 177 Å². The summed E-state index contributed by atoms with van der Waals surface area (Å²) in [6.45, 7) is 0.585. The summed E-state index contributed by atoms with van der Waals surface area (Å²) >= 11 is 6.10. The molecule has 148 valence electrons. The van der Waals surface area contributed by atoms with Crippen LogP contribution in [0.25, 0.3) is 5.57 Å². The molecule has 0 atom stereocenters. The number of imide groups is 1. The largest absolute Gasteiger partial charge is 0.336 e. The molecule has 0 spiro atoms. The number of fused-ring (bicyclic) bond motifs is 1. The number of hydrogen-bond acceptors (Lipinski definition) is 3. The second kappa shape index (κ2) is 7.11. The molecule has 0 saturated heterocycles. The molecule has 0 radical (unpaired) electrons. The Hall–Kier alpha value is -3.44. The van der Waals surface area contributed by atoms with Gasteiger partial charge in [-0.3, -0.25) is 9.59 Å². The topological polar surface area (TPSA) is 40.6 Å². The number of amides is 2. The smallest absolute Gasteiger partial charge is 0.282 e. The molecule has 0 unspecified atom stereocenters. The molecule has 4 nitrogen and oxygen atoms in total. The van der Waals surface area contributed by atoms with E-state index in [0.29, 0.717) is 28.5 Å². The van der Waals surface area contributed by atoms with E-state index in [1.54, 1.807) is 24.3 Å². The molecule has 2 aliphatic rings. The van der Waals surface area contributed by atoms with E-state index in [4.69, 9.17) is 11.6 Å². The summed E-state index contributed by atoms with van der Waals surface area (Å²) in [5, 5.41) is 0.427. The number of anilines is 2. The molecule has 0 fully saturated rings. The van der Waals surface area contributed by atoms with E-state index in [0.717, 1.165) is 22.6 Å². The zero-order valence-electron chi connectivity index (χ0n) is 15.8. The van der Waals surface area contributed by atoms with Gasteiger partial charge in [0.15, 0.2) is 0 Å². The highest BCUT2D eigenvalue weighted by molar-refractivity contribution is 6.46. The number of halogens is 2. The van der Waals surface area contributed by atoms with Crippen molar-refractivity contribution < 1.29 is 14.0 Å². The maximum Gasteiger partial charge on any atom is 0.282 e. The summed E-state index contributed by atoms with van der Waals surface area (Å²) in [4.78, 5) is 30.1. The van der Waals surface area contributed by atoms with Gasteiger partial charge in [0.1, 0.15) is 11.5 Å².